The lowest BCUT2D eigenvalue weighted by Crippen LogP contribution is -2.35. The Bertz CT molecular complexity index is 1440. The van der Waals surface area contributed by atoms with Crippen LogP contribution in [0.25, 0.3) is 5.52 Å². The van der Waals surface area contributed by atoms with Crippen LogP contribution in [0, 0.1) is 5.82 Å². The van der Waals surface area contributed by atoms with Gasteiger partial charge in [0.05, 0.1) is 46.2 Å². The molecular weight excluding hydrogens is 514 g/mol. The number of carbonyl (C=O) groups excluding carboxylic acids is 1. The number of hydrogen-bond acceptors (Lipinski definition) is 6. The van der Waals surface area contributed by atoms with Gasteiger partial charge in [0.15, 0.2) is 0 Å². The molecule has 0 bridgehead atoms. The predicted molar refractivity (Wildman–Crippen MR) is 144 cm³/mol. The van der Waals surface area contributed by atoms with Crippen LogP contribution in [0.4, 0.5) is 14.5 Å². The van der Waals surface area contributed by atoms with E-state index in [2.05, 4.69) is 15.7 Å². The average molecular weight is 547 g/mol. The van der Waals surface area contributed by atoms with Crippen molar-refractivity contribution in [2.75, 3.05) is 24.7 Å². The van der Waals surface area contributed by atoms with Crippen LogP contribution in [0.2, 0.25) is 0 Å². The summed E-state index contributed by atoms with van der Waals surface area (Å²) in [5, 5.41) is 3.89. The molecule has 1 N–H and O–H groups in total. The van der Waals surface area contributed by atoms with Crippen molar-refractivity contribution in [2.45, 2.75) is 56.7 Å². The fourth-order valence-corrected chi connectivity index (χ4v) is 5.54. The van der Waals surface area contributed by atoms with Gasteiger partial charge in [-0.3, -0.25) is 9.52 Å². The summed E-state index contributed by atoms with van der Waals surface area (Å²) in [5.41, 5.74) is 1.93. The van der Waals surface area contributed by atoms with Crippen molar-refractivity contribution in [1.82, 2.24) is 14.3 Å². The number of amides is 1. The van der Waals surface area contributed by atoms with Crippen LogP contribution in [0.15, 0.2) is 42.7 Å². The molecule has 0 spiro atoms. The van der Waals surface area contributed by atoms with Crippen molar-refractivity contribution in [3.05, 3.63) is 59.7 Å². The first-order valence-corrected chi connectivity index (χ1v) is 14.5. The Morgan fingerprint density at radius 2 is 2.03 bits per heavy atom. The molecule has 0 saturated carbocycles. The van der Waals surface area contributed by atoms with Crippen molar-refractivity contribution in [3.8, 4) is 5.75 Å². The first-order valence-electron chi connectivity index (χ1n) is 12.7. The summed E-state index contributed by atoms with van der Waals surface area (Å²) in [4.78, 5) is 14.8. The number of fused-ring (bicyclic) bond motifs is 1. The second-order valence-corrected chi connectivity index (χ2v) is 12.7. The van der Waals surface area contributed by atoms with E-state index in [1.807, 2.05) is 4.90 Å². The summed E-state index contributed by atoms with van der Waals surface area (Å²) in [6.07, 6.45) is 3.53. The number of carbonyl (C=O) groups is 1. The van der Waals surface area contributed by atoms with E-state index in [0.717, 1.165) is 12.8 Å². The first-order chi connectivity index (χ1) is 18.1. The van der Waals surface area contributed by atoms with Crippen LogP contribution in [0.5, 0.6) is 5.75 Å². The summed E-state index contributed by atoms with van der Waals surface area (Å²) in [5.74, 6) is 3.22. The SMILES string of the molecule is C=S(=O)(NC(=O)c1cnn2ccc(N3C[C@@H](F)C[C@@H]3c3cc(F)ccc3OC3CCOCC3)cc12)C(C)C. The molecule has 1 amide bonds. The average Bonchev–Trinajstić information content (AvgIpc) is 3.48. The van der Waals surface area contributed by atoms with Crippen LogP contribution in [-0.2, 0) is 14.4 Å². The Hall–Kier alpha value is -3.18. The molecule has 2 fully saturated rings. The molecule has 8 nitrogen and oxygen atoms in total. The van der Waals surface area contributed by atoms with Crippen molar-refractivity contribution < 1.29 is 27.3 Å². The molecule has 2 aliphatic heterocycles. The topological polar surface area (TPSA) is 85.2 Å². The van der Waals surface area contributed by atoms with E-state index in [1.165, 1.54) is 22.8 Å². The third-order valence-electron chi connectivity index (χ3n) is 7.15. The molecule has 0 aliphatic carbocycles. The number of halogens is 2. The fraction of sp³-hybridized carbons (Fsp3) is 0.444. The Balaban J connectivity index is 1.48. The number of alkyl halides is 1. The zero-order chi connectivity index (χ0) is 27.0. The molecule has 204 valence electrons. The highest BCUT2D eigenvalue weighted by atomic mass is 32.2. The lowest BCUT2D eigenvalue weighted by molar-refractivity contribution is 0.0250. The quantitative estimate of drug-likeness (QED) is 0.450. The molecule has 1 unspecified atom stereocenters. The summed E-state index contributed by atoms with van der Waals surface area (Å²) in [7, 11) is -2.85. The van der Waals surface area contributed by atoms with Gasteiger partial charge < -0.3 is 14.4 Å². The van der Waals surface area contributed by atoms with Crippen molar-refractivity contribution in [1.29, 1.82) is 0 Å². The normalized spacial score (nSPS) is 22.1. The van der Waals surface area contributed by atoms with Crippen molar-refractivity contribution >= 4 is 32.7 Å². The van der Waals surface area contributed by atoms with Crippen LogP contribution in [0.3, 0.4) is 0 Å². The molecule has 0 radical (unpaired) electrons. The van der Waals surface area contributed by atoms with Gasteiger partial charge in [-0.15, -0.1) is 0 Å². The zero-order valence-electron chi connectivity index (χ0n) is 21.4. The Labute approximate surface area is 221 Å². The molecule has 3 aromatic rings. The van der Waals surface area contributed by atoms with Gasteiger partial charge in [0.2, 0.25) is 0 Å². The largest absolute Gasteiger partial charge is 0.490 e. The predicted octanol–water partition coefficient (Wildman–Crippen LogP) is 4.09. The minimum atomic E-state index is -2.85. The van der Waals surface area contributed by atoms with E-state index in [9.17, 15) is 17.8 Å². The molecule has 2 aliphatic rings. The van der Waals surface area contributed by atoms with Gasteiger partial charge >= 0.3 is 0 Å². The molecule has 5 rings (SSSR count). The minimum Gasteiger partial charge on any atom is -0.490 e. The fourth-order valence-electron chi connectivity index (χ4n) is 4.88. The number of rotatable bonds is 7. The third-order valence-corrected chi connectivity index (χ3v) is 9.21. The number of pyridine rings is 1. The van der Waals surface area contributed by atoms with Gasteiger partial charge in [0.25, 0.3) is 5.91 Å². The maximum Gasteiger partial charge on any atom is 0.266 e. The Morgan fingerprint density at radius 3 is 2.76 bits per heavy atom. The lowest BCUT2D eigenvalue weighted by atomic mass is 10.0. The highest BCUT2D eigenvalue weighted by Crippen LogP contribution is 2.42. The van der Waals surface area contributed by atoms with Crippen LogP contribution >= 0.6 is 0 Å². The molecule has 38 heavy (non-hydrogen) atoms. The van der Waals surface area contributed by atoms with Gasteiger partial charge in [-0.2, -0.15) is 5.10 Å². The molecular formula is C27H32F2N4O4S. The minimum absolute atomic E-state index is 0.0534. The van der Waals surface area contributed by atoms with E-state index in [1.54, 1.807) is 38.2 Å². The van der Waals surface area contributed by atoms with Crippen molar-refractivity contribution in [3.63, 3.8) is 0 Å². The number of nitrogens with zero attached hydrogens (tertiary/aromatic N) is 3. The van der Waals surface area contributed by atoms with Gasteiger partial charge in [0.1, 0.15) is 23.8 Å². The van der Waals surface area contributed by atoms with Gasteiger partial charge in [-0.25, -0.2) is 17.5 Å². The molecule has 1 aromatic carbocycles. The van der Waals surface area contributed by atoms with Gasteiger partial charge in [0, 0.05) is 48.5 Å². The Kier molecular flexibility index (Phi) is 7.32. The number of benzene rings is 1. The second kappa shape index (κ2) is 10.5. The van der Waals surface area contributed by atoms with Crippen molar-refractivity contribution in [2.24, 2.45) is 0 Å². The van der Waals surface area contributed by atoms with E-state index < -0.39 is 33.6 Å². The smallest absolute Gasteiger partial charge is 0.266 e. The molecule has 3 atom stereocenters. The lowest BCUT2D eigenvalue weighted by Gasteiger charge is -2.30. The van der Waals surface area contributed by atoms with E-state index in [-0.39, 0.29) is 29.9 Å². The Morgan fingerprint density at radius 1 is 1.26 bits per heavy atom. The van der Waals surface area contributed by atoms with Crippen LogP contribution in [0.1, 0.15) is 55.1 Å². The maximum absolute atomic E-state index is 14.9. The summed E-state index contributed by atoms with van der Waals surface area (Å²) in [6.45, 7) is 4.74. The number of ether oxygens (including phenoxy) is 2. The number of hydrogen-bond donors (Lipinski definition) is 1. The standard InChI is InChI=1S/C27H32F2N4O4S/c1-17(2)38(3,35)31-27(34)23-15-30-33-9-6-20(14-25(23)33)32-16-19(29)13-24(32)22-12-18(28)4-5-26(22)37-21-7-10-36-11-8-21/h4-6,9,12,14-15,17,19,21,24H,3,7-8,10-11,13,16H2,1-2H3,(H,31,34,35)/t19-,24+,38?/m0/s1. The zero-order valence-corrected chi connectivity index (χ0v) is 22.3. The van der Waals surface area contributed by atoms with E-state index in [0.29, 0.717) is 35.7 Å². The molecule has 4 heterocycles. The second-order valence-electron chi connectivity index (χ2n) is 10.1. The maximum atomic E-state index is 14.9. The molecule has 2 saturated heterocycles. The van der Waals surface area contributed by atoms with E-state index in [4.69, 9.17) is 9.47 Å². The molecule has 11 heteroatoms. The van der Waals surface area contributed by atoms with Crippen LogP contribution < -0.4 is 14.4 Å². The summed E-state index contributed by atoms with van der Waals surface area (Å²) >= 11 is 0. The number of anilines is 1. The monoisotopic (exact) mass is 546 g/mol. The van der Waals surface area contributed by atoms with Gasteiger partial charge in [-0.05, 0) is 50.0 Å². The van der Waals surface area contributed by atoms with Gasteiger partial charge in [-0.1, -0.05) is 0 Å². The third kappa shape index (κ3) is 5.35. The summed E-state index contributed by atoms with van der Waals surface area (Å²) in [6, 6.07) is 7.42. The highest BCUT2D eigenvalue weighted by molar-refractivity contribution is 7.99. The molecule has 2 aromatic heterocycles. The van der Waals surface area contributed by atoms with E-state index >= 15 is 0 Å². The number of nitrogens with one attached hydrogen (secondary N) is 1. The summed E-state index contributed by atoms with van der Waals surface area (Å²) < 4.78 is 57.7. The van der Waals surface area contributed by atoms with Crippen LogP contribution in [-0.4, -0.2) is 62.9 Å². The number of aromatic nitrogens is 2. The first kappa shape index (κ1) is 26.4. The highest BCUT2D eigenvalue weighted by Gasteiger charge is 2.36.